The Labute approximate surface area is 98.7 Å². The molecule has 0 amide bonds. The van der Waals surface area contributed by atoms with Crippen LogP contribution in [0.4, 0.5) is 0 Å². The molecule has 0 N–H and O–H groups in total. The van der Waals surface area contributed by atoms with Gasteiger partial charge >= 0.3 is 0 Å². The normalized spacial score (nSPS) is 28.1. The Bertz CT molecular complexity index is 232. The van der Waals surface area contributed by atoms with E-state index >= 15 is 0 Å². The zero-order chi connectivity index (χ0) is 10.7. The summed E-state index contributed by atoms with van der Waals surface area (Å²) in [5, 5.41) is 1.86. The largest absolute Gasteiger partial charge is 0.306 e. The molecule has 2 aliphatic heterocycles. The summed E-state index contributed by atoms with van der Waals surface area (Å²) in [6.07, 6.45) is 6.34. The molecule has 2 rings (SSSR count). The predicted octanol–water partition coefficient (Wildman–Crippen LogP) is 1.85. The Morgan fingerprint density at radius 1 is 1.20 bits per heavy atom. The molecule has 0 aliphatic carbocycles. The molecule has 0 aromatic carbocycles. The number of likely N-dealkylation sites (tertiary alicyclic amines) is 2. The van der Waals surface area contributed by atoms with Crippen molar-refractivity contribution >= 4 is 12.6 Å². The highest BCUT2D eigenvalue weighted by atomic mass is 32.1. The Morgan fingerprint density at radius 2 is 1.87 bits per heavy atom. The maximum Gasteiger partial charge on any atom is 0.0171 e. The molecular formula is C12H22N2S. The van der Waals surface area contributed by atoms with Gasteiger partial charge in [-0.05, 0) is 56.8 Å². The molecule has 2 aliphatic rings. The van der Waals surface area contributed by atoms with E-state index < -0.39 is 0 Å². The first-order valence-corrected chi connectivity index (χ1v) is 6.46. The van der Waals surface area contributed by atoms with Crippen LogP contribution in [0.3, 0.4) is 0 Å². The van der Waals surface area contributed by atoms with Gasteiger partial charge in [0.1, 0.15) is 0 Å². The maximum absolute atomic E-state index is 4.11. The van der Waals surface area contributed by atoms with Gasteiger partial charge in [0, 0.05) is 13.1 Å². The van der Waals surface area contributed by atoms with Crippen LogP contribution in [0.5, 0.6) is 0 Å². The van der Waals surface area contributed by atoms with E-state index in [1.807, 2.05) is 5.41 Å². The van der Waals surface area contributed by atoms with Crippen molar-refractivity contribution in [1.29, 1.82) is 0 Å². The topological polar surface area (TPSA) is 6.48 Å². The van der Waals surface area contributed by atoms with Gasteiger partial charge in [-0.3, -0.25) is 4.90 Å². The highest BCUT2D eigenvalue weighted by molar-refractivity contribution is 7.83. The summed E-state index contributed by atoms with van der Waals surface area (Å²) in [6, 6.07) is 0. The molecule has 1 spiro atoms. The van der Waals surface area contributed by atoms with Crippen molar-refractivity contribution in [3.05, 3.63) is 11.5 Å². The lowest BCUT2D eigenvalue weighted by Gasteiger charge is -2.37. The van der Waals surface area contributed by atoms with Crippen LogP contribution < -0.4 is 0 Å². The zero-order valence-corrected chi connectivity index (χ0v) is 10.5. The molecular weight excluding hydrogens is 204 g/mol. The second-order valence-corrected chi connectivity index (χ2v) is 5.47. The first-order chi connectivity index (χ1) is 7.24. The van der Waals surface area contributed by atoms with Gasteiger partial charge in [0.2, 0.25) is 0 Å². The molecule has 3 heteroatoms. The second kappa shape index (κ2) is 4.89. The molecule has 2 fully saturated rings. The van der Waals surface area contributed by atoms with E-state index in [4.69, 9.17) is 0 Å². The summed E-state index contributed by atoms with van der Waals surface area (Å²) < 4.78 is 0. The van der Waals surface area contributed by atoms with Gasteiger partial charge < -0.3 is 4.90 Å². The molecule has 0 aromatic heterocycles. The number of hydrogen-bond donors (Lipinski definition) is 1. The lowest BCUT2D eigenvalue weighted by atomic mass is 9.78. The minimum absolute atomic E-state index is 0.650. The number of nitrogens with zero attached hydrogens (tertiary/aromatic N) is 2. The van der Waals surface area contributed by atoms with E-state index in [1.54, 1.807) is 0 Å². The molecule has 0 atom stereocenters. The van der Waals surface area contributed by atoms with E-state index in [-0.39, 0.29) is 0 Å². The third kappa shape index (κ3) is 2.77. The second-order valence-electron chi connectivity index (χ2n) is 5.17. The molecule has 0 bridgehead atoms. The van der Waals surface area contributed by atoms with Gasteiger partial charge in [-0.1, -0.05) is 6.08 Å². The average molecular weight is 226 g/mol. The lowest BCUT2D eigenvalue weighted by molar-refractivity contribution is 0.128. The predicted molar refractivity (Wildman–Crippen MR) is 68.3 cm³/mol. The van der Waals surface area contributed by atoms with E-state index in [0.29, 0.717) is 5.41 Å². The van der Waals surface area contributed by atoms with E-state index in [0.717, 1.165) is 6.54 Å². The lowest BCUT2D eigenvalue weighted by Crippen LogP contribution is -2.39. The third-order valence-corrected chi connectivity index (χ3v) is 4.24. The highest BCUT2D eigenvalue weighted by Crippen LogP contribution is 2.39. The van der Waals surface area contributed by atoms with Gasteiger partial charge in [0.15, 0.2) is 0 Å². The van der Waals surface area contributed by atoms with E-state index in [1.165, 1.54) is 45.4 Å². The molecule has 2 heterocycles. The zero-order valence-electron chi connectivity index (χ0n) is 9.65. The average Bonchev–Trinajstić information content (AvgIpc) is 2.64. The monoisotopic (exact) mass is 226 g/mol. The third-order valence-electron chi connectivity index (χ3n) is 4.03. The van der Waals surface area contributed by atoms with Crippen molar-refractivity contribution in [1.82, 2.24) is 9.80 Å². The standard InChI is InChI=1S/C12H22N2S/c1-13-7-3-12(4-8-13)5-9-14(11-12)6-2-10-15/h2,10,15H,3-9,11H2,1H3/b10-2+. The Kier molecular flexibility index (Phi) is 3.75. The smallest absolute Gasteiger partial charge is 0.0171 e. The van der Waals surface area contributed by atoms with Gasteiger partial charge in [0.25, 0.3) is 0 Å². The van der Waals surface area contributed by atoms with E-state index in [9.17, 15) is 0 Å². The van der Waals surface area contributed by atoms with Crippen LogP contribution in [0.1, 0.15) is 19.3 Å². The van der Waals surface area contributed by atoms with Crippen LogP contribution in [0.15, 0.2) is 11.5 Å². The summed E-state index contributed by atoms with van der Waals surface area (Å²) in [4.78, 5) is 5.03. The summed E-state index contributed by atoms with van der Waals surface area (Å²) in [6.45, 7) is 6.24. The van der Waals surface area contributed by atoms with Crippen LogP contribution in [0.2, 0.25) is 0 Å². The highest BCUT2D eigenvalue weighted by Gasteiger charge is 2.39. The van der Waals surface area contributed by atoms with Crippen molar-refractivity contribution in [2.24, 2.45) is 5.41 Å². The summed E-state index contributed by atoms with van der Waals surface area (Å²) in [5.74, 6) is 0. The molecule has 2 nitrogen and oxygen atoms in total. The quantitative estimate of drug-likeness (QED) is 0.718. The fourth-order valence-electron chi connectivity index (χ4n) is 2.88. The number of thiol groups is 1. The fourth-order valence-corrected chi connectivity index (χ4v) is 2.98. The number of rotatable bonds is 2. The van der Waals surface area contributed by atoms with Crippen molar-refractivity contribution in [2.75, 3.05) is 39.8 Å². The first-order valence-electron chi connectivity index (χ1n) is 5.94. The fraction of sp³-hybridized carbons (Fsp3) is 0.833. The minimum Gasteiger partial charge on any atom is -0.306 e. The van der Waals surface area contributed by atoms with Crippen molar-refractivity contribution in [3.8, 4) is 0 Å². The summed E-state index contributed by atoms with van der Waals surface area (Å²) in [5.41, 5.74) is 0.650. The molecule has 86 valence electrons. The molecule has 0 radical (unpaired) electrons. The van der Waals surface area contributed by atoms with Crippen LogP contribution in [0, 0.1) is 5.41 Å². The molecule has 0 unspecified atom stereocenters. The van der Waals surface area contributed by atoms with Gasteiger partial charge in [-0.2, -0.15) is 12.6 Å². The van der Waals surface area contributed by atoms with Gasteiger partial charge in [-0.25, -0.2) is 0 Å². The van der Waals surface area contributed by atoms with Crippen molar-refractivity contribution < 1.29 is 0 Å². The molecule has 0 saturated carbocycles. The Balaban J connectivity index is 1.85. The van der Waals surface area contributed by atoms with Crippen molar-refractivity contribution in [3.63, 3.8) is 0 Å². The Hall–Kier alpha value is 0.01000. The van der Waals surface area contributed by atoms with Gasteiger partial charge in [-0.15, -0.1) is 0 Å². The number of piperidine rings is 1. The maximum atomic E-state index is 4.11. The molecule has 0 aromatic rings. The SMILES string of the molecule is CN1CCC2(CC1)CCN(C/C=C/S)C2. The molecule has 15 heavy (non-hydrogen) atoms. The summed E-state index contributed by atoms with van der Waals surface area (Å²) >= 11 is 4.11. The van der Waals surface area contributed by atoms with Crippen LogP contribution in [-0.4, -0.2) is 49.6 Å². The number of hydrogen-bond acceptors (Lipinski definition) is 3. The molecule has 2 saturated heterocycles. The van der Waals surface area contributed by atoms with E-state index in [2.05, 4.69) is 35.6 Å². The van der Waals surface area contributed by atoms with Crippen LogP contribution in [0.25, 0.3) is 0 Å². The van der Waals surface area contributed by atoms with Crippen LogP contribution >= 0.6 is 12.6 Å². The first kappa shape index (κ1) is 11.5. The summed E-state index contributed by atoms with van der Waals surface area (Å²) in [7, 11) is 2.24. The van der Waals surface area contributed by atoms with Crippen molar-refractivity contribution in [2.45, 2.75) is 19.3 Å². The minimum atomic E-state index is 0.650. The van der Waals surface area contributed by atoms with Crippen LogP contribution in [-0.2, 0) is 0 Å². The Morgan fingerprint density at radius 3 is 2.53 bits per heavy atom. The van der Waals surface area contributed by atoms with Gasteiger partial charge in [0.05, 0.1) is 0 Å².